The Hall–Kier alpha value is -3.03. The fourth-order valence-electron chi connectivity index (χ4n) is 5.22. The number of benzene rings is 2. The van der Waals surface area contributed by atoms with Crippen molar-refractivity contribution in [1.82, 2.24) is 20.1 Å². The molecule has 7 nitrogen and oxygen atoms in total. The summed E-state index contributed by atoms with van der Waals surface area (Å²) >= 11 is 12.2. The predicted molar refractivity (Wildman–Crippen MR) is 140 cm³/mol. The molecule has 2 bridgehead atoms. The Morgan fingerprint density at radius 1 is 1.00 bits per heavy atom. The van der Waals surface area contributed by atoms with Gasteiger partial charge in [0.15, 0.2) is 0 Å². The van der Waals surface area contributed by atoms with E-state index in [-0.39, 0.29) is 29.8 Å². The van der Waals surface area contributed by atoms with Crippen LogP contribution in [0.25, 0.3) is 10.9 Å². The van der Waals surface area contributed by atoms with Gasteiger partial charge in [-0.05, 0) is 42.2 Å². The number of para-hydroxylation sites is 1. The van der Waals surface area contributed by atoms with E-state index < -0.39 is 11.5 Å². The Morgan fingerprint density at radius 3 is 2.33 bits per heavy atom. The van der Waals surface area contributed by atoms with Crippen LogP contribution in [0.3, 0.4) is 0 Å². The highest BCUT2D eigenvalue weighted by atomic mass is 35.5. The minimum absolute atomic E-state index is 0.0942. The van der Waals surface area contributed by atoms with Crippen molar-refractivity contribution in [3.05, 3.63) is 69.8 Å². The Balaban J connectivity index is 1.30. The number of rotatable bonds is 4. The first kappa shape index (κ1) is 24.7. The fourth-order valence-corrected chi connectivity index (χ4v) is 5.71. The maximum absolute atomic E-state index is 13.7. The number of likely N-dealkylation sites (tertiary alicyclic amines) is 2. The standard InChI is InChI=1S/C27H28Cl2N4O3/c1-27(2,3)23(31-24(34)22-10-15-6-4-5-7-21(15)30-22)26(36)33-14-17-12-18(33)13-32(17)25(35)19-9-8-16(28)11-20(19)29/h4-11,17-18,23,30H,12-14H2,1-3H3,(H,31,34)/t17-,18-,23+/m0/s1. The van der Waals surface area contributed by atoms with Crippen LogP contribution in [0.2, 0.25) is 10.0 Å². The predicted octanol–water partition coefficient (Wildman–Crippen LogP) is 4.74. The summed E-state index contributed by atoms with van der Waals surface area (Å²) in [6.07, 6.45) is 0.704. The maximum Gasteiger partial charge on any atom is 0.268 e. The average molecular weight is 527 g/mol. The molecule has 1 aromatic heterocycles. The lowest BCUT2D eigenvalue weighted by molar-refractivity contribution is -0.138. The first-order chi connectivity index (χ1) is 17.0. The van der Waals surface area contributed by atoms with Gasteiger partial charge in [0.1, 0.15) is 11.7 Å². The molecule has 3 heterocycles. The third-order valence-electron chi connectivity index (χ3n) is 7.11. The first-order valence-electron chi connectivity index (χ1n) is 12.0. The van der Waals surface area contributed by atoms with E-state index in [1.807, 2.05) is 49.9 Å². The van der Waals surface area contributed by atoms with Crippen LogP contribution in [-0.2, 0) is 4.79 Å². The molecule has 3 atom stereocenters. The first-order valence-corrected chi connectivity index (χ1v) is 12.7. The molecule has 3 amide bonds. The van der Waals surface area contributed by atoms with Crippen molar-refractivity contribution in [3.63, 3.8) is 0 Å². The van der Waals surface area contributed by atoms with E-state index in [1.54, 1.807) is 29.2 Å². The lowest BCUT2D eigenvalue weighted by Gasteiger charge is -2.39. The number of aromatic amines is 1. The fraction of sp³-hybridized carbons (Fsp3) is 0.370. The summed E-state index contributed by atoms with van der Waals surface area (Å²) in [6.45, 7) is 6.67. The Morgan fingerprint density at radius 2 is 1.69 bits per heavy atom. The zero-order valence-corrected chi connectivity index (χ0v) is 21.9. The van der Waals surface area contributed by atoms with Gasteiger partial charge in [-0.1, -0.05) is 62.2 Å². The second-order valence-corrected chi connectivity index (χ2v) is 11.5. The molecule has 0 saturated carbocycles. The number of H-pyrrole nitrogens is 1. The van der Waals surface area contributed by atoms with Crippen molar-refractivity contribution < 1.29 is 14.4 Å². The number of hydrogen-bond acceptors (Lipinski definition) is 3. The maximum atomic E-state index is 13.7. The number of carbonyl (C=O) groups is 3. The minimum atomic E-state index is -0.717. The number of piperazine rings is 1. The molecule has 36 heavy (non-hydrogen) atoms. The lowest BCUT2D eigenvalue weighted by Crippen LogP contribution is -2.59. The van der Waals surface area contributed by atoms with Crippen LogP contribution >= 0.6 is 23.2 Å². The van der Waals surface area contributed by atoms with E-state index in [9.17, 15) is 14.4 Å². The van der Waals surface area contributed by atoms with E-state index in [1.165, 1.54) is 0 Å². The lowest BCUT2D eigenvalue weighted by atomic mass is 9.85. The molecule has 2 saturated heterocycles. The average Bonchev–Trinajstić information content (AvgIpc) is 3.54. The van der Waals surface area contributed by atoms with Crippen molar-refractivity contribution in [3.8, 4) is 0 Å². The largest absolute Gasteiger partial charge is 0.351 e. The van der Waals surface area contributed by atoms with Crippen LogP contribution in [0.5, 0.6) is 0 Å². The molecule has 0 spiro atoms. The van der Waals surface area contributed by atoms with E-state index in [0.29, 0.717) is 40.8 Å². The van der Waals surface area contributed by atoms with Crippen LogP contribution in [0.4, 0.5) is 0 Å². The highest BCUT2D eigenvalue weighted by Gasteiger charge is 2.50. The van der Waals surface area contributed by atoms with Gasteiger partial charge < -0.3 is 20.1 Å². The van der Waals surface area contributed by atoms with Crippen molar-refractivity contribution >= 4 is 51.8 Å². The number of halogens is 2. The van der Waals surface area contributed by atoms with Gasteiger partial charge >= 0.3 is 0 Å². The third-order valence-corrected chi connectivity index (χ3v) is 7.66. The molecule has 2 aliphatic heterocycles. The van der Waals surface area contributed by atoms with Crippen molar-refractivity contribution in [1.29, 1.82) is 0 Å². The summed E-state index contributed by atoms with van der Waals surface area (Å²) in [7, 11) is 0. The van der Waals surface area contributed by atoms with Crippen LogP contribution in [0, 0.1) is 5.41 Å². The second kappa shape index (κ2) is 9.12. The molecule has 0 aliphatic carbocycles. The Labute approximate surface area is 219 Å². The quantitative estimate of drug-likeness (QED) is 0.514. The number of aromatic nitrogens is 1. The van der Waals surface area contributed by atoms with Gasteiger partial charge in [-0.3, -0.25) is 14.4 Å². The molecule has 2 N–H and O–H groups in total. The van der Waals surface area contributed by atoms with Gasteiger partial charge in [-0.15, -0.1) is 0 Å². The van der Waals surface area contributed by atoms with Crippen molar-refractivity contribution in [2.45, 2.75) is 45.3 Å². The van der Waals surface area contributed by atoms with Crippen LogP contribution in [0.1, 0.15) is 48.0 Å². The Bertz CT molecular complexity index is 1330. The zero-order chi connectivity index (χ0) is 25.8. The molecule has 188 valence electrons. The topological polar surface area (TPSA) is 85.5 Å². The molecule has 5 rings (SSSR count). The van der Waals surface area contributed by atoms with Gasteiger partial charge in [0.05, 0.1) is 22.7 Å². The SMILES string of the molecule is CC(C)(C)[C@H](NC(=O)c1cc2ccccc2[nH]1)C(=O)N1C[C@@H]2C[C@H]1CN2C(=O)c1ccc(Cl)cc1Cl. The van der Waals surface area contributed by atoms with Crippen molar-refractivity contribution in [2.75, 3.05) is 13.1 Å². The highest BCUT2D eigenvalue weighted by molar-refractivity contribution is 6.36. The summed E-state index contributed by atoms with van der Waals surface area (Å²) in [5.74, 6) is -0.607. The van der Waals surface area contributed by atoms with Crippen LogP contribution in [0.15, 0.2) is 48.5 Å². The highest BCUT2D eigenvalue weighted by Crippen LogP contribution is 2.35. The number of nitrogens with one attached hydrogen (secondary N) is 2. The number of nitrogens with zero attached hydrogens (tertiary/aromatic N) is 2. The number of carbonyl (C=O) groups excluding carboxylic acids is 3. The smallest absolute Gasteiger partial charge is 0.268 e. The molecular formula is C27H28Cl2N4O3. The van der Waals surface area contributed by atoms with Gasteiger partial charge in [-0.25, -0.2) is 0 Å². The summed E-state index contributed by atoms with van der Waals surface area (Å²) in [4.78, 5) is 46.7. The molecule has 2 aromatic carbocycles. The van der Waals surface area contributed by atoms with Crippen LogP contribution < -0.4 is 5.32 Å². The summed E-state index contributed by atoms with van der Waals surface area (Å²) in [6, 6.07) is 13.4. The molecule has 9 heteroatoms. The zero-order valence-electron chi connectivity index (χ0n) is 20.3. The summed E-state index contributed by atoms with van der Waals surface area (Å²) < 4.78 is 0. The summed E-state index contributed by atoms with van der Waals surface area (Å²) in [5.41, 5.74) is 1.18. The minimum Gasteiger partial charge on any atom is -0.351 e. The molecular weight excluding hydrogens is 499 g/mol. The number of fused-ring (bicyclic) bond motifs is 3. The molecule has 2 fully saturated rings. The number of amides is 3. The van der Waals surface area contributed by atoms with Gasteiger partial charge in [-0.2, -0.15) is 0 Å². The second-order valence-electron chi connectivity index (χ2n) is 10.7. The molecule has 3 aromatic rings. The monoisotopic (exact) mass is 526 g/mol. The third kappa shape index (κ3) is 4.46. The number of hydrogen-bond donors (Lipinski definition) is 2. The Kier molecular flexibility index (Phi) is 6.25. The van der Waals surface area contributed by atoms with E-state index in [2.05, 4.69) is 10.3 Å². The van der Waals surface area contributed by atoms with Gasteiger partial charge in [0, 0.05) is 29.0 Å². The van der Waals surface area contributed by atoms with E-state index in [0.717, 1.165) is 10.9 Å². The van der Waals surface area contributed by atoms with E-state index in [4.69, 9.17) is 23.2 Å². The van der Waals surface area contributed by atoms with E-state index >= 15 is 0 Å². The van der Waals surface area contributed by atoms with Gasteiger partial charge in [0.25, 0.3) is 11.8 Å². The summed E-state index contributed by atoms with van der Waals surface area (Å²) in [5, 5.41) is 4.69. The van der Waals surface area contributed by atoms with Crippen molar-refractivity contribution in [2.24, 2.45) is 5.41 Å². The van der Waals surface area contributed by atoms with Gasteiger partial charge in [0.2, 0.25) is 5.91 Å². The molecule has 0 unspecified atom stereocenters. The molecule has 2 aliphatic rings. The normalized spacial score (nSPS) is 20.1. The van der Waals surface area contributed by atoms with Crippen LogP contribution in [-0.4, -0.2) is 63.7 Å². The molecule has 0 radical (unpaired) electrons.